The number of carbonyl (C=O) groups excluding carboxylic acids is 3. The van der Waals surface area contributed by atoms with E-state index in [4.69, 9.17) is 14.2 Å². The van der Waals surface area contributed by atoms with E-state index < -0.39 is 12.0 Å². The monoisotopic (exact) mass is 482 g/mol. The maximum atomic E-state index is 14.1. The number of fused-ring (bicyclic) bond motifs is 1. The molecule has 2 aliphatic heterocycles. The molecule has 0 unspecified atom stereocenters. The number of piperazine rings is 1. The number of carbonyl (C=O) groups is 3. The lowest BCUT2D eigenvalue weighted by Crippen LogP contribution is -2.54. The van der Waals surface area contributed by atoms with Gasteiger partial charge in [-0.3, -0.25) is 14.6 Å². The van der Waals surface area contributed by atoms with Gasteiger partial charge in [0.05, 0.1) is 32.8 Å². The van der Waals surface area contributed by atoms with Crippen molar-refractivity contribution in [2.75, 3.05) is 54.1 Å². The highest BCUT2D eigenvalue weighted by molar-refractivity contribution is 6.02. The number of aromatic nitrogens is 1. The van der Waals surface area contributed by atoms with Crippen molar-refractivity contribution < 1.29 is 28.6 Å². The number of rotatable bonds is 5. The summed E-state index contributed by atoms with van der Waals surface area (Å²) >= 11 is 0. The fraction of sp³-hybridized carbons (Fsp3) is 0.440. The lowest BCUT2D eigenvalue weighted by molar-refractivity contribution is -0.136. The summed E-state index contributed by atoms with van der Waals surface area (Å²) in [4.78, 5) is 48.8. The zero-order valence-corrected chi connectivity index (χ0v) is 20.4. The maximum absolute atomic E-state index is 14.1. The standard InChI is InChI=1S/C25H30N4O6/c1-5-35-25(32)29-11-9-28(10-12-29)24(31)21-17-13-19(33-3)20(34-4)14-18(17)23(30)27(2)22(21)16-7-6-8-26-15-16/h6-8,13-15,21-22H,5,9-12H2,1-4H3/t21-,22-/m1/s1. The van der Waals surface area contributed by atoms with E-state index in [1.165, 1.54) is 14.2 Å². The molecule has 3 amide bonds. The summed E-state index contributed by atoms with van der Waals surface area (Å²) in [5, 5.41) is 0. The lowest BCUT2D eigenvalue weighted by atomic mass is 9.79. The summed E-state index contributed by atoms with van der Waals surface area (Å²) in [7, 11) is 4.72. The Hall–Kier alpha value is -3.82. The molecule has 1 fully saturated rings. The first kappa shape index (κ1) is 24.3. The zero-order valence-electron chi connectivity index (χ0n) is 20.4. The van der Waals surface area contributed by atoms with Gasteiger partial charge in [0.1, 0.15) is 0 Å². The predicted molar refractivity (Wildman–Crippen MR) is 127 cm³/mol. The van der Waals surface area contributed by atoms with Crippen LogP contribution in [0.3, 0.4) is 0 Å². The number of hydrogen-bond acceptors (Lipinski definition) is 7. The first-order valence-corrected chi connectivity index (χ1v) is 11.5. The molecular weight excluding hydrogens is 452 g/mol. The number of hydrogen-bond donors (Lipinski definition) is 0. The average molecular weight is 483 g/mol. The normalized spacial score (nSPS) is 19.8. The van der Waals surface area contributed by atoms with Gasteiger partial charge in [0.15, 0.2) is 11.5 Å². The summed E-state index contributed by atoms with van der Waals surface area (Å²) in [6.45, 7) is 3.56. The van der Waals surface area contributed by atoms with E-state index in [9.17, 15) is 14.4 Å². The van der Waals surface area contributed by atoms with Crippen molar-refractivity contribution in [3.8, 4) is 11.5 Å². The molecule has 1 aromatic heterocycles. The molecule has 2 atom stereocenters. The highest BCUT2D eigenvalue weighted by Gasteiger charge is 2.45. The first-order valence-electron chi connectivity index (χ1n) is 11.5. The van der Waals surface area contributed by atoms with Gasteiger partial charge in [-0.2, -0.15) is 0 Å². The second kappa shape index (κ2) is 10.2. The minimum Gasteiger partial charge on any atom is -0.493 e. The van der Waals surface area contributed by atoms with Gasteiger partial charge in [-0.05, 0) is 36.2 Å². The van der Waals surface area contributed by atoms with Crippen molar-refractivity contribution in [1.82, 2.24) is 19.7 Å². The molecule has 2 aromatic rings. The van der Waals surface area contributed by atoms with Gasteiger partial charge in [0.2, 0.25) is 5.91 Å². The van der Waals surface area contributed by atoms with Crippen LogP contribution in [0.4, 0.5) is 4.79 Å². The van der Waals surface area contributed by atoms with Crippen molar-refractivity contribution >= 4 is 17.9 Å². The number of methoxy groups -OCH3 is 2. The van der Waals surface area contributed by atoms with Gasteiger partial charge in [-0.15, -0.1) is 0 Å². The SMILES string of the molecule is CCOC(=O)N1CCN(C(=O)[C@@H]2c3cc(OC)c(OC)cc3C(=O)N(C)[C@@H]2c2cccnc2)CC1. The molecule has 0 bridgehead atoms. The summed E-state index contributed by atoms with van der Waals surface area (Å²) < 4.78 is 16.0. The Balaban J connectivity index is 1.74. The summed E-state index contributed by atoms with van der Waals surface area (Å²) in [5.41, 5.74) is 1.73. The molecule has 10 nitrogen and oxygen atoms in total. The summed E-state index contributed by atoms with van der Waals surface area (Å²) in [6.07, 6.45) is 2.96. The number of pyridine rings is 1. The van der Waals surface area contributed by atoms with Crippen LogP contribution in [-0.4, -0.2) is 91.6 Å². The minimum atomic E-state index is -0.689. The molecule has 0 radical (unpaired) electrons. The van der Waals surface area contributed by atoms with Crippen molar-refractivity contribution in [3.63, 3.8) is 0 Å². The van der Waals surface area contributed by atoms with Crippen LogP contribution in [-0.2, 0) is 9.53 Å². The van der Waals surface area contributed by atoms with E-state index in [0.29, 0.717) is 55.4 Å². The lowest BCUT2D eigenvalue weighted by Gasteiger charge is -2.43. The third-order valence-corrected chi connectivity index (χ3v) is 6.58. The molecule has 3 heterocycles. The molecule has 10 heteroatoms. The van der Waals surface area contributed by atoms with E-state index >= 15 is 0 Å². The number of nitrogens with zero attached hydrogens (tertiary/aromatic N) is 4. The van der Waals surface area contributed by atoms with E-state index in [-0.39, 0.29) is 17.9 Å². The van der Waals surface area contributed by atoms with Crippen LogP contribution >= 0.6 is 0 Å². The molecule has 2 aliphatic rings. The van der Waals surface area contributed by atoms with Crippen LogP contribution in [0, 0.1) is 0 Å². The van der Waals surface area contributed by atoms with Gasteiger partial charge in [0.25, 0.3) is 5.91 Å². The Morgan fingerprint density at radius 3 is 2.31 bits per heavy atom. The minimum absolute atomic E-state index is 0.129. The van der Waals surface area contributed by atoms with Crippen molar-refractivity contribution in [2.24, 2.45) is 0 Å². The van der Waals surface area contributed by atoms with Crippen molar-refractivity contribution in [2.45, 2.75) is 18.9 Å². The molecule has 35 heavy (non-hydrogen) atoms. The second-order valence-corrected chi connectivity index (χ2v) is 8.43. The zero-order chi connectivity index (χ0) is 25.1. The average Bonchev–Trinajstić information content (AvgIpc) is 2.90. The second-order valence-electron chi connectivity index (χ2n) is 8.43. The van der Waals surface area contributed by atoms with Crippen LogP contribution in [0.1, 0.15) is 40.4 Å². The first-order chi connectivity index (χ1) is 16.9. The predicted octanol–water partition coefficient (Wildman–Crippen LogP) is 2.31. The number of ether oxygens (including phenoxy) is 3. The van der Waals surface area contributed by atoms with Gasteiger partial charge in [-0.1, -0.05) is 6.07 Å². The van der Waals surface area contributed by atoms with E-state index in [1.807, 2.05) is 6.07 Å². The Morgan fingerprint density at radius 2 is 1.71 bits per heavy atom. The Bertz CT molecular complexity index is 1100. The fourth-order valence-corrected chi connectivity index (χ4v) is 4.80. The molecule has 4 rings (SSSR count). The number of amides is 3. The van der Waals surface area contributed by atoms with Crippen LogP contribution in [0.5, 0.6) is 11.5 Å². The molecule has 1 saturated heterocycles. The molecule has 0 aliphatic carbocycles. The maximum Gasteiger partial charge on any atom is 0.409 e. The molecule has 186 valence electrons. The highest BCUT2D eigenvalue weighted by atomic mass is 16.6. The van der Waals surface area contributed by atoms with E-state index in [1.54, 1.807) is 59.3 Å². The number of benzene rings is 1. The van der Waals surface area contributed by atoms with Gasteiger partial charge < -0.3 is 28.9 Å². The molecule has 0 spiro atoms. The number of likely N-dealkylation sites (N-methyl/N-ethyl adjacent to an activating group) is 1. The molecule has 0 saturated carbocycles. The summed E-state index contributed by atoms with van der Waals surface area (Å²) in [5.74, 6) is -0.174. The van der Waals surface area contributed by atoms with Crippen molar-refractivity contribution in [3.05, 3.63) is 53.3 Å². The van der Waals surface area contributed by atoms with Crippen LogP contribution < -0.4 is 9.47 Å². The Morgan fingerprint density at radius 1 is 1.06 bits per heavy atom. The van der Waals surface area contributed by atoms with Crippen LogP contribution in [0.15, 0.2) is 36.7 Å². The largest absolute Gasteiger partial charge is 0.493 e. The smallest absolute Gasteiger partial charge is 0.409 e. The molecule has 1 aromatic carbocycles. The quantitative estimate of drug-likeness (QED) is 0.645. The van der Waals surface area contributed by atoms with Crippen LogP contribution in [0.25, 0.3) is 0 Å². The third-order valence-electron chi connectivity index (χ3n) is 6.58. The Kier molecular flexibility index (Phi) is 7.09. The summed E-state index contributed by atoms with van der Waals surface area (Å²) in [6, 6.07) is 6.45. The van der Waals surface area contributed by atoms with Crippen molar-refractivity contribution in [1.29, 1.82) is 0 Å². The molecular formula is C25H30N4O6. The van der Waals surface area contributed by atoms with Gasteiger partial charge in [0, 0.05) is 51.2 Å². The highest BCUT2D eigenvalue weighted by Crippen LogP contribution is 2.46. The van der Waals surface area contributed by atoms with Crippen LogP contribution in [0.2, 0.25) is 0 Å². The fourth-order valence-electron chi connectivity index (χ4n) is 4.80. The van der Waals surface area contributed by atoms with Gasteiger partial charge in [-0.25, -0.2) is 4.79 Å². The molecule has 0 N–H and O–H groups in total. The third kappa shape index (κ3) is 4.48. The Labute approximate surface area is 204 Å². The van der Waals surface area contributed by atoms with Gasteiger partial charge >= 0.3 is 6.09 Å². The van der Waals surface area contributed by atoms with E-state index in [0.717, 1.165) is 5.56 Å². The van der Waals surface area contributed by atoms with E-state index in [2.05, 4.69) is 4.98 Å². The topological polar surface area (TPSA) is 102 Å².